The molecule has 2 heterocycles. The molecule has 1 aromatic carbocycles. The van der Waals surface area contributed by atoms with Crippen LogP contribution in [0.5, 0.6) is 5.75 Å². The van der Waals surface area contributed by atoms with Crippen molar-refractivity contribution in [2.45, 2.75) is 13.5 Å². The number of hydrogen-bond donors (Lipinski definition) is 1. The molecule has 25 heavy (non-hydrogen) atoms. The van der Waals surface area contributed by atoms with Crippen LogP contribution in [0.15, 0.2) is 42.0 Å². The fourth-order valence-corrected chi connectivity index (χ4v) is 3.25. The summed E-state index contributed by atoms with van der Waals surface area (Å²) < 4.78 is 5.09. The molecule has 1 saturated heterocycles. The van der Waals surface area contributed by atoms with Crippen LogP contribution in [0.2, 0.25) is 0 Å². The van der Waals surface area contributed by atoms with Gasteiger partial charge in [-0.25, -0.2) is 4.79 Å². The third-order valence-electron chi connectivity index (χ3n) is 3.73. The SMILES string of the molecule is COc1ccc(CN2C(=O)NC(=O)/C(=C\c3ccc(C)s3)C2=O)cc1. The van der Waals surface area contributed by atoms with Crippen molar-refractivity contribution < 1.29 is 19.1 Å². The second-order valence-corrected chi connectivity index (χ2v) is 6.82. The maximum absolute atomic E-state index is 12.6. The van der Waals surface area contributed by atoms with Gasteiger partial charge in [-0.05, 0) is 42.8 Å². The molecule has 1 aliphatic heterocycles. The smallest absolute Gasteiger partial charge is 0.331 e. The Bertz CT molecular complexity index is 867. The molecule has 7 heteroatoms. The van der Waals surface area contributed by atoms with Gasteiger partial charge in [0, 0.05) is 9.75 Å². The number of benzene rings is 1. The van der Waals surface area contributed by atoms with Crippen molar-refractivity contribution >= 4 is 35.3 Å². The van der Waals surface area contributed by atoms with E-state index in [4.69, 9.17) is 4.74 Å². The molecule has 1 N–H and O–H groups in total. The zero-order chi connectivity index (χ0) is 18.0. The van der Waals surface area contributed by atoms with Gasteiger partial charge in [0.1, 0.15) is 11.3 Å². The second-order valence-electron chi connectivity index (χ2n) is 5.51. The van der Waals surface area contributed by atoms with Gasteiger partial charge < -0.3 is 4.74 Å². The fourth-order valence-electron chi connectivity index (χ4n) is 2.42. The maximum Gasteiger partial charge on any atom is 0.331 e. The number of methoxy groups -OCH3 is 1. The van der Waals surface area contributed by atoms with Crippen molar-refractivity contribution in [1.82, 2.24) is 10.2 Å². The van der Waals surface area contributed by atoms with Gasteiger partial charge in [-0.1, -0.05) is 12.1 Å². The highest BCUT2D eigenvalue weighted by molar-refractivity contribution is 7.12. The number of nitrogens with one attached hydrogen (secondary N) is 1. The normalized spacial score (nSPS) is 16.3. The van der Waals surface area contributed by atoms with E-state index in [9.17, 15) is 14.4 Å². The first-order valence-electron chi connectivity index (χ1n) is 7.56. The van der Waals surface area contributed by atoms with Crippen LogP contribution in [0, 0.1) is 6.92 Å². The first-order valence-corrected chi connectivity index (χ1v) is 8.38. The number of amides is 4. The van der Waals surface area contributed by atoms with Gasteiger partial charge in [0.25, 0.3) is 11.8 Å². The van der Waals surface area contributed by atoms with Gasteiger partial charge in [0.15, 0.2) is 0 Å². The molecule has 1 aromatic heterocycles. The number of nitrogens with zero attached hydrogens (tertiary/aromatic N) is 1. The van der Waals surface area contributed by atoms with Gasteiger partial charge in [-0.2, -0.15) is 0 Å². The van der Waals surface area contributed by atoms with E-state index in [1.165, 1.54) is 17.4 Å². The zero-order valence-electron chi connectivity index (χ0n) is 13.7. The Hall–Kier alpha value is -2.93. The molecule has 0 aliphatic carbocycles. The number of thiophene rings is 1. The fraction of sp³-hybridized carbons (Fsp3) is 0.167. The Morgan fingerprint density at radius 3 is 2.44 bits per heavy atom. The van der Waals surface area contributed by atoms with Crippen molar-refractivity contribution in [3.63, 3.8) is 0 Å². The van der Waals surface area contributed by atoms with Gasteiger partial charge in [0.2, 0.25) is 0 Å². The molecule has 0 unspecified atom stereocenters. The molecule has 2 aromatic rings. The van der Waals surface area contributed by atoms with Gasteiger partial charge in [-0.15, -0.1) is 11.3 Å². The summed E-state index contributed by atoms with van der Waals surface area (Å²) in [6.45, 7) is 2.01. The summed E-state index contributed by atoms with van der Waals surface area (Å²) >= 11 is 1.47. The summed E-state index contributed by atoms with van der Waals surface area (Å²) in [7, 11) is 1.56. The molecular formula is C18H16N2O4S. The van der Waals surface area contributed by atoms with E-state index in [1.807, 2.05) is 19.1 Å². The molecule has 128 valence electrons. The standard InChI is InChI=1S/C18H16N2O4S/c1-11-3-8-14(25-11)9-15-16(21)19-18(23)20(17(15)22)10-12-4-6-13(24-2)7-5-12/h3-9H,10H2,1-2H3,(H,19,21,23)/b15-9+. The lowest BCUT2D eigenvalue weighted by atomic mass is 10.1. The number of aryl methyl sites for hydroxylation is 1. The van der Waals surface area contributed by atoms with Crippen LogP contribution in [-0.4, -0.2) is 29.9 Å². The van der Waals surface area contributed by atoms with Gasteiger partial charge in [-0.3, -0.25) is 19.8 Å². The summed E-state index contributed by atoms with van der Waals surface area (Å²) in [4.78, 5) is 39.6. The van der Waals surface area contributed by atoms with Crippen LogP contribution >= 0.6 is 11.3 Å². The van der Waals surface area contributed by atoms with E-state index in [0.29, 0.717) is 5.75 Å². The van der Waals surface area contributed by atoms with Crippen molar-refractivity contribution in [3.05, 3.63) is 57.3 Å². The number of imide groups is 2. The number of barbiturate groups is 1. The summed E-state index contributed by atoms with van der Waals surface area (Å²) in [5, 5.41) is 2.22. The van der Waals surface area contributed by atoms with Crippen LogP contribution in [0.1, 0.15) is 15.3 Å². The quantitative estimate of drug-likeness (QED) is 0.675. The molecule has 0 radical (unpaired) electrons. The van der Waals surface area contributed by atoms with Crippen molar-refractivity contribution in [1.29, 1.82) is 0 Å². The predicted molar refractivity (Wildman–Crippen MR) is 94.1 cm³/mol. The number of carbonyl (C=O) groups excluding carboxylic acids is 3. The van der Waals surface area contributed by atoms with Crippen molar-refractivity contribution in [2.75, 3.05) is 7.11 Å². The molecule has 3 rings (SSSR count). The predicted octanol–water partition coefficient (Wildman–Crippen LogP) is 2.73. The minimum Gasteiger partial charge on any atom is -0.497 e. The maximum atomic E-state index is 12.6. The summed E-state index contributed by atoms with van der Waals surface area (Å²) in [6.07, 6.45) is 1.52. The summed E-state index contributed by atoms with van der Waals surface area (Å²) in [6, 6.07) is 10.0. The number of carbonyl (C=O) groups is 3. The van der Waals surface area contributed by atoms with Crippen molar-refractivity contribution in [3.8, 4) is 5.75 Å². The minimum atomic E-state index is -0.717. The van der Waals surface area contributed by atoms with E-state index in [1.54, 1.807) is 31.4 Å². The summed E-state index contributed by atoms with van der Waals surface area (Å²) in [5.41, 5.74) is 0.708. The topological polar surface area (TPSA) is 75.7 Å². The Morgan fingerprint density at radius 1 is 1.12 bits per heavy atom. The summed E-state index contributed by atoms with van der Waals surface area (Å²) in [5.74, 6) is -0.593. The van der Waals surface area contributed by atoms with Crippen molar-refractivity contribution in [2.24, 2.45) is 0 Å². The Labute approximate surface area is 148 Å². The van der Waals surface area contributed by atoms with E-state index in [-0.39, 0.29) is 12.1 Å². The van der Waals surface area contributed by atoms with E-state index < -0.39 is 17.8 Å². The third kappa shape index (κ3) is 3.61. The highest BCUT2D eigenvalue weighted by atomic mass is 32.1. The van der Waals surface area contributed by atoms with Crippen LogP contribution < -0.4 is 10.1 Å². The minimum absolute atomic E-state index is 0.0463. The van der Waals surface area contributed by atoms with E-state index in [2.05, 4.69) is 5.32 Å². The molecular weight excluding hydrogens is 340 g/mol. The van der Waals surface area contributed by atoms with Gasteiger partial charge >= 0.3 is 6.03 Å². The number of ether oxygens (including phenoxy) is 1. The van der Waals surface area contributed by atoms with E-state index >= 15 is 0 Å². The average Bonchev–Trinajstić information content (AvgIpc) is 3.01. The lowest BCUT2D eigenvalue weighted by Gasteiger charge is -2.26. The average molecular weight is 356 g/mol. The number of rotatable bonds is 4. The molecule has 0 bridgehead atoms. The second kappa shape index (κ2) is 6.90. The zero-order valence-corrected chi connectivity index (χ0v) is 14.6. The highest BCUT2D eigenvalue weighted by Gasteiger charge is 2.35. The molecule has 1 fully saturated rings. The molecule has 1 aliphatic rings. The first-order chi connectivity index (χ1) is 12.0. The third-order valence-corrected chi connectivity index (χ3v) is 4.68. The lowest BCUT2D eigenvalue weighted by Crippen LogP contribution is -2.53. The molecule has 0 spiro atoms. The number of urea groups is 1. The van der Waals surface area contributed by atoms with Crippen LogP contribution in [0.25, 0.3) is 6.08 Å². The van der Waals surface area contributed by atoms with Gasteiger partial charge in [0.05, 0.1) is 13.7 Å². The molecule has 0 atom stereocenters. The number of hydrogen-bond acceptors (Lipinski definition) is 5. The van der Waals surface area contributed by atoms with Crippen LogP contribution in [0.3, 0.4) is 0 Å². The highest BCUT2D eigenvalue weighted by Crippen LogP contribution is 2.22. The monoisotopic (exact) mass is 356 g/mol. The lowest BCUT2D eigenvalue weighted by molar-refractivity contribution is -0.130. The molecule has 0 saturated carbocycles. The van der Waals surface area contributed by atoms with E-state index in [0.717, 1.165) is 20.2 Å². The van der Waals surface area contributed by atoms with Crippen LogP contribution in [-0.2, 0) is 16.1 Å². The Morgan fingerprint density at radius 2 is 1.84 bits per heavy atom. The Kier molecular flexibility index (Phi) is 4.67. The van der Waals surface area contributed by atoms with Crippen LogP contribution in [0.4, 0.5) is 4.79 Å². The first kappa shape index (κ1) is 16.9. The molecule has 6 nitrogen and oxygen atoms in total. The Balaban J connectivity index is 1.85. The molecule has 4 amide bonds. The largest absolute Gasteiger partial charge is 0.497 e.